The highest BCUT2D eigenvalue weighted by molar-refractivity contribution is 6.17. The fraction of sp³-hybridized carbons (Fsp3) is 0.765. The topological polar surface area (TPSA) is 86.5 Å². The number of nitrogens with zero attached hydrogens (tertiary/aromatic N) is 4. The van der Waals surface area contributed by atoms with Gasteiger partial charge in [0, 0.05) is 13.1 Å². The molecule has 146 valence electrons. The molecule has 0 radical (unpaired) electrons. The molecule has 0 bridgehead atoms. The molecule has 26 heavy (non-hydrogen) atoms. The van der Waals surface area contributed by atoms with E-state index in [-0.39, 0.29) is 29.8 Å². The Morgan fingerprint density at radius 3 is 2.38 bits per heavy atom. The number of alkyl halides is 1. The summed E-state index contributed by atoms with van der Waals surface area (Å²) in [7, 11) is 0. The number of hydrogen-bond donors (Lipinski definition) is 0. The maximum absolute atomic E-state index is 12.2. The summed E-state index contributed by atoms with van der Waals surface area (Å²) in [6.45, 7) is 10.6. The average molecular weight is 387 g/mol. The molecule has 0 N–H and O–H groups in total. The van der Waals surface area contributed by atoms with Crippen LogP contribution < -0.4 is 0 Å². The van der Waals surface area contributed by atoms with Crippen LogP contribution in [-0.4, -0.2) is 56.7 Å². The van der Waals surface area contributed by atoms with E-state index in [9.17, 15) is 9.59 Å². The van der Waals surface area contributed by atoms with Crippen molar-refractivity contribution < 1.29 is 19.1 Å². The van der Waals surface area contributed by atoms with Crippen LogP contribution in [-0.2, 0) is 9.47 Å². The lowest BCUT2D eigenvalue weighted by atomic mass is 10.0. The lowest BCUT2D eigenvalue weighted by Gasteiger charge is -2.34. The summed E-state index contributed by atoms with van der Waals surface area (Å²) < 4.78 is 12.1. The SMILES string of the molecule is CC(C)c1c(C(=O)OCCl)nnn1C1CCN(C(=O)OC(C)(C)C)CC1. The van der Waals surface area contributed by atoms with E-state index in [1.807, 2.05) is 34.6 Å². The van der Waals surface area contributed by atoms with Crippen LogP contribution in [0, 0.1) is 0 Å². The standard InChI is InChI=1S/C17H27ClN4O4/c1-11(2)14-13(15(23)25-10-18)19-20-22(14)12-6-8-21(9-7-12)16(24)26-17(3,4)5/h11-12H,6-10H2,1-5H3. The molecule has 1 aliphatic rings. The van der Waals surface area contributed by atoms with Crippen molar-refractivity contribution in [1.82, 2.24) is 19.9 Å². The summed E-state index contributed by atoms with van der Waals surface area (Å²) in [6, 6.07) is -0.159. The molecule has 2 heterocycles. The summed E-state index contributed by atoms with van der Waals surface area (Å²) in [5.74, 6) is -0.520. The minimum absolute atomic E-state index is 0.0479. The average Bonchev–Trinajstić information content (AvgIpc) is 2.99. The first-order valence-electron chi connectivity index (χ1n) is 8.80. The minimum atomic E-state index is -0.568. The monoisotopic (exact) mass is 386 g/mol. The van der Waals surface area contributed by atoms with E-state index < -0.39 is 11.6 Å². The van der Waals surface area contributed by atoms with Crippen LogP contribution in [0.25, 0.3) is 0 Å². The molecule has 1 aliphatic heterocycles. The Balaban J connectivity index is 2.10. The van der Waals surface area contributed by atoms with Gasteiger partial charge in [-0.25, -0.2) is 14.3 Å². The number of likely N-dealkylation sites (tertiary alicyclic amines) is 1. The smallest absolute Gasteiger partial charge is 0.410 e. The summed E-state index contributed by atoms with van der Waals surface area (Å²) in [5.41, 5.74) is 0.425. The van der Waals surface area contributed by atoms with Crippen LogP contribution in [0.15, 0.2) is 0 Å². The number of ether oxygens (including phenoxy) is 2. The van der Waals surface area contributed by atoms with Gasteiger partial charge in [0.05, 0.1) is 11.7 Å². The molecule has 0 unspecified atom stereocenters. The Morgan fingerprint density at radius 1 is 1.27 bits per heavy atom. The molecular weight excluding hydrogens is 360 g/mol. The van der Waals surface area contributed by atoms with E-state index in [2.05, 4.69) is 10.3 Å². The molecular formula is C17H27ClN4O4. The summed E-state index contributed by atoms with van der Waals surface area (Å²) in [5, 5.41) is 8.19. The maximum Gasteiger partial charge on any atom is 0.410 e. The van der Waals surface area contributed by atoms with Gasteiger partial charge in [-0.1, -0.05) is 30.7 Å². The number of piperidine rings is 1. The van der Waals surface area contributed by atoms with Crippen LogP contribution in [0.2, 0.25) is 0 Å². The van der Waals surface area contributed by atoms with E-state index in [0.29, 0.717) is 25.9 Å². The number of carbonyl (C=O) groups is 2. The van der Waals surface area contributed by atoms with Gasteiger partial charge in [0.2, 0.25) is 0 Å². The first-order valence-corrected chi connectivity index (χ1v) is 9.33. The molecule has 0 aliphatic carbocycles. The fourth-order valence-electron chi connectivity index (χ4n) is 2.99. The second-order valence-electron chi connectivity index (χ2n) is 7.66. The van der Waals surface area contributed by atoms with Crippen molar-refractivity contribution in [2.24, 2.45) is 0 Å². The minimum Gasteiger partial charge on any atom is -0.445 e. The quantitative estimate of drug-likeness (QED) is 0.582. The van der Waals surface area contributed by atoms with Crippen molar-refractivity contribution in [3.8, 4) is 0 Å². The third-order valence-electron chi connectivity index (χ3n) is 4.12. The van der Waals surface area contributed by atoms with Gasteiger partial charge in [0.15, 0.2) is 11.8 Å². The maximum atomic E-state index is 12.2. The number of esters is 1. The Kier molecular flexibility index (Phi) is 6.49. The van der Waals surface area contributed by atoms with Gasteiger partial charge < -0.3 is 14.4 Å². The Labute approximate surface area is 158 Å². The third-order valence-corrected chi connectivity index (χ3v) is 4.23. The summed E-state index contributed by atoms with van der Waals surface area (Å²) in [4.78, 5) is 25.9. The van der Waals surface area contributed by atoms with E-state index in [4.69, 9.17) is 21.1 Å². The highest BCUT2D eigenvalue weighted by atomic mass is 35.5. The van der Waals surface area contributed by atoms with Gasteiger partial charge in [-0.05, 0) is 39.5 Å². The van der Waals surface area contributed by atoms with Crippen LogP contribution in [0.4, 0.5) is 4.79 Å². The van der Waals surface area contributed by atoms with Gasteiger partial charge in [-0.2, -0.15) is 0 Å². The van der Waals surface area contributed by atoms with Gasteiger partial charge in [-0.3, -0.25) is 0 Å². The predicted molar refractivity (Wildman–Crippen MR) is 96.3 cm³/mol. The molecule has 0 aromatic carbocycles. The lowest BCUT2D eigenvalue weighted by molar-refractivity contribution is 0.0183. The van der Waals surface area contributed by atoms with Crippen molar-refractivity contribution in [1.29, 1.82) is 0 Å². The summed E-state index contributed by atoms with van der Waals surface area (Å²) >= 11 is 5.48. The van der Waals surface area contributed by atoms with Gasteiger partial charge >= 0.3 is 12.1 Å². The predicted octanol–water partition coefficient (Wildman–Crippen LogP) is 3.33. The van der Waals surface area contributed by atoms with Crippen LogP contribution in [0.5, 0.6) is 0 Å². The molecule has 1 saturated heterocycles. The lowest BCUT2D eigenvalue weighted by Crippen LogP contribution is -2.42. The Bertz CT molecular complexity index is 646. The zero-order valence-corrected chi connectivity index (χ0v) is 16.7. The molecule has 1 aromatic heterocycles. The normalized spacial score (nSPS) is 16.0. The number of halogens is 1. The van der Waals surface area contributed by atoms with Crippen molar-refractivity contribution in [3.63, 3.8) is 0 Å². The Morgan fingerprint density at radius 2 is 1.88 bits per heavy atom. The van der Waals surface area contributed by atoms with Crippen LogP contribution in [0.3, 0.4) is 0 Å². The molecule has 1 amide bonds. The van der Waals surface area contributed by atoms with Crippen molar-refractivity contribution >= 4 is 23.7 Å². The number of amides is 1. The van der Waals surface area contributed by atoms with Crippen LogP contribution in [0.1, 0.15) is 75.6 Å². The molecule has 1 fully saturated rings. The van der Waals surface area contributed by atoms with Gasteiger partial charge in [-0.15, -0.1) is 5.10 Å². The number of rotatable bonds is 4. The largest absolute Gasteiger partial charge is 0.445 e. The van der Waals surface area contributed by atoms with E-state index in [1.165, 1.54) is 0 Å². The van der Waals surface area contributed by atoms with Crippen molar-refractivity contribution in [2.45, 2.75) is 65.0 Å². The molecule has 2 rings (SSSR count). The van der Waals surface area contributed by atoms with E-state index in [0.717, 1.165) is 5.69 Å². The van der Waals surface area contributed by atoms with Gasteiger partial charge in [0.25, 0.3) is 0 Å². The molecule has 1 aromatic rings. The molecule has 0 saturated carbocycles. The first kappa shape index (κ1) is 20.5. The number of hydrogen-bond acceptors (Lipinski definition) is 6. The highest BCUT2D eigenvalue weighted by Crippen LogP contribution is 2.28. The van der Waals surface area contributed by atoms with Gasteiger partial charge in [0.1, 0.15) is 5.60 Å². The first-order chi connectivity index (χ1) is 12.1. The second-order valence-corrected chi connectivity index (χ2v) is 7.88. The molecule has 8 nitrogen and oxygen atoms in total. The second kappa shape index (κ2) is 8.24. The number of carbonyl (C=O) groups excluding carboxylic acids is 2. The van der Waals surface area contributed by atoms with Crippen molar-refractivity contribution in [2.75, 3.05) is 19.2 Å². The van der Waals surface area contributed by atoms with Crippen LogP contribution >= 0.6 is 11.6 Å². The molecule has 0 atom stereocenters. The Hall–Kier alpha value is -1.83. The fourth-order valence-corrected chi connectivity index (χ4v) is 3.09. The highest BCUT2D eigenvalue weighted by Gasteiger charge is 2.31. The summed E-state index contributed by atoms with van der Waals surface area (Å²) in [6.07, 6.45) is 1.13. The molecule has 0 spiro atoms. The van der Waals surface area contributed by atoms with Crippen molar-refractivity contribution in [3.05, 3.63) is 11.4 Å². The number of aromatic nitrogens is 3. The third kappa shape index (κ3) is 4.87. The molecule has 9 heteroatoms. The van der Waals surface area contributed by atoms with E-state index >= 15 is 0 Å². The zero-order valence-electron chi connectivity index (χ0n) is 16.0. The van der Waals surface area contributed by atoms with E-state index in [1.54, 1.807) is 9.58 Å². The zero-order chi connectivity index (χ0) is 19.5.